The van der Waals surface area contributed by atoms with Crippen LogP contribution in [0.5, 0.6) is 5.88 Å². The molecule has 122 valence electrons. The fourth-order valence-corrected chi connectivity index (χ4v) is 2.58. The van der Waals surface area contributed by atoms with Crippen LogP contribution in [-0.2, 0) is 6.42 Å². The molecule has 1 heterocycles. The predicted molar refractivity (Wildman–Crippen MR) is 94.1 cm³/mol. The molecule has 0 spiro atoms. The molecule has 3 rings (SSSR count). The lowest BCUT2D eigenvalue weighted by atomic mass is 10.1. The number of benzene rings is 2. The van der Waals surface area contributed by atoms with Crippen LogP contribution in [0.1, 0.15) is 28.5 Å². The van der Waals surface area contributed by atoms with Crippen LogP contribution in [0, 0.1) is 6.92 Å². The first-order chi connectivity index (χ1) is 11.6. The quantitative estimate of drug-likeness (QED) is 0.651. The van der Waals surface area contributed by atoms with Crippen molar-refractivity contribution in [1.29, 1.82) is 0 Å². The molecule has 0 aliphatic heterocycles. The molecule has 5 heteroatoms. The monoisotopic (exact) mass is 340 g/mol. The first-order valence-corrected chi connectivity index (χ1v) is 8.09. The Morgan fingerprint density at radius 1 is 1.17 bits per heavy atom. The van der Waals surface area contributed by atoms with E-state index in [0.717, 1.165) is 23.4 Å². The standard InChI is InChI=1S/C19H17ClN2O2/c1-3-15-12-18(22(21-15)16-9-6-8-14(20)11-16)24-19(23)17-10-5-4-7-13(17)2/h4-12H,3H2,1-2H3. The number of aryl methyl sites for hydroxylation is 2. The minimum atomic E-state index is -0.404. The highest BCUT2D eigenvalue weighted by molar-refractivity contribution is 6.30. The largest absolute Gasteiger partial charge is 0.404 e. The number of ether oxygens (including phenoxy) is 1. The first kappa shape index (κ1) is 16.3. The minimum absolute atomic E-state index is 0.377. The molecule has 1 aromatic heterocycles. The fourth-order valence-electron chi connectivity index (χ4n) is 2.40. The third kappa shape index (κ3) is 3.34. The number of nitrogens with zero attached hydrogens (tertiary/aromatic N) is 2. The highest BCUT2D eigenvalue weighted by Crippen LogP contribution is 2.23. The molecule has 0 N–H and O–H groups in total. The van der Waals surface area contributed by atoms with E-state index in [-0.39, 0.29) is 0 Å². The van der Waals surface area contributed by atoms with Crippen molar-refractivity contribution >= 4 is 17.6 Å². The van der Waals surface area contributed by atoms with Crippen molar-refractivity contribution in [2.75, 3.05) is 0 Å². The number of rotatable bonds is 4. The second-order valence-electron chi connectivity index (χ2n) is 5.42. The number of hydrogen-bond donors (Lipinski definition) is 0. The highest BCUT2D eigenvalue weighted by atomic mass is 35.5. The Balaban J connectivity index is 1.97. The Bertz CT molecular complexity index is 887. The van der Waals surface area contributed by atoms with E-state index < -0.39 is 5.97 Å². The lowest BCUT2D eigenvalue weighted by molar-refractivity contribution is 0.0722. The summed E-state index contributed by atoms with van der Waals surface area (Å²) in [5.74, 6) is -0.0266. The van der Waals surface area contributed by atoms with Gasteiger partial charge in [-0.05, 0) is 43.2 Å². The van der Waals surface area contributed by atoms with Gasteiger partial charge >= 0.3 is 5.97 Å². The summed E-state index contributed by atoms with van der Waals surface area (Å²) in [6.45, 7) is 3.87. The van der Waals surface area contributed by atoms with Gasteiger partial charge in [0.2, 0.25) is 5.88 Å². The van der Waals surface area contributed by atoms with E-state index in [4.69, 9.17) is 16.3 Å². The summed E-state index contributed by atoms with van der Waals surface area (Å²) in [4.78, 5) is 12.5. The Kier molecular flexibility index (Phi) is 4.67. The van der Waals surface area contributed by atoms with E-state index in [9.17, 15) is 4.79 Å². The van der Waals surface area contributed by atoms with Gasteiger partial charge in [-0.15, -0.1) is 0 Å². The van der Waals surface area contributed by atoms with E-state index >= 15 is 0 Å². The number of hydrogen-bond acceptors (Lipinski definition) is 3. The third-order valence-electron chi connectivity index (χ3n) is 3.70. The summed E-state index contributed by atoms with van der Waals surface area (Å²) < 4.78 is 7.21. The van der Waals surface area contributed by atoms with E-state index in [0.29, 0.717) is 16.5 Å². The van der Waals surface area contributed by atoms with E-state index in [2.05, 4.69) is 5.10 Å². The van der Waals surface area contributed by atoms with Crippen molar-refractivity contribution < 1.29 is 9.53 Å². The second-order valence-corrected chi connectivity index (χ2v) is 5.86. The van der Waals surface area contributed by atoms with Crippen LogP contribution in [0.15, 0.2) is 54.6 Å². The predicted octanol–water partition coefficient (Wildman–Crippen LogP) is 4.62. The fraction of sp³-hybridized carbons (Fsp3) is 0.158. The van der Waals surface area contributed by atoms with Crippen LogP contribution in [0.4, 0.5) is 0 Å². The second kappa shape index (κ2) is 6.89. The maximum absolute atomic E-state index is 12.5. The average Bonchev–Trinajstić information content (AvgIpc) is 2.98. The van der Waals surface area contributed by atoms with Gasteiger partial charge in [0, 0.05) is 11.1 Å². The maximum atomic E-state index is 12.5. The molecule has 0 fully saturated rings. The molecule has 0 atom stereocenters. The topological polar surface area (TPSA) is 44.1 Å². The maximum Gasteiger partial charge on any atom is 0.345 e. The number of esters is 1. The summed E-state index contributed by atoms with van der Waals surface area (Å²) in [7, 11) is 0. The molecule has 24 heavy (non-hydrogen) atoms. The molecule has 0 amide bonds. The summed E-state index contributed by atoms with van der Waals surface area (Å²) in [6, 6.07) is 16.4. The van der Waals surface area contributed by atoms with Crippen molar-refractivity contribution in [2.24, 2.45) is 0 Å². The van der Waals surface area contributed by atoms with Crippen LogP contribution >= 0.6 is 11.6 Å². The molecule has 0 bridgehead atoms. The molecular formula is C19H17ClN2O2. The summed E-state index contributed by atoms with van der Waals surface area (Å²) >= 11 is 6.06. The Hall–Kier alpha value is -2.59. The van der Waals surface area contributed by atoms with Gasteiger partial charge in [0.25, 0.3) is 0 Å². The highest BCUT2D eigenvalue weighted by Gasteiger charge is 2.17. The molecule has 3 aromatic rings. The molecule has 0 aliphatic carbocycles. The zero-order chi connectivity index (χ0) is 17.1. The van der Waals surface area contributed by atoms with Gasteiger partial charge in [-0.1, -0.05) is 42.8 Å². The summed E-state index contributed by atoms with van der Waals surface area (Å²) in [6.07, 6.45) is 0.739. The molecule has 0 aliphatic rings. The van der Waals surface area contributed by atoms with Crippen LogP contribution < -0.4 is 4.74 Å². The van der Waals surface area contributed by atoms with Crippen LogP contribution in [0.25, 0.3) is 5.69 Å². The van der Waals surface area contributed by atoms with Gasteiger partial charge in [-0.2, -0.15) is 5.10 Å². The molecular weight excluding hydrogens is 324 g/mol. The lowest BCUT2D eigenvalue weighted by Crippen LogP contribution is -2.13. The van der Waals surface area contributed by atoms with Crippen molar-refractivity contribution in [3.05, 3.63) is 76.4 Å². The summed E-state index contributed by atoms with van der Waals surface area (Å²) in [5.41, 5.74) is 2.98. The minimum Gasteiger partial charge on any atom is -0.404 e. The van der Waals surface area contributed by atoms with Crippen molar-refractivity contribution in [1.82, 2.24) is 9.78 Å². The van der Waals surface area contributed by atoms with Crippen LogP contribution in [-0.4, -0.2) is 15.7 Å². The molecule has 0 saturated heterocycles. The Morgan fingerprint density at radius 2 is 1.96 bits per heavy atom. The Morgan fingerprint density at radius 3 is 2.67 bits per heavy atom. The van der Waals surface area contributed by atoms with Crippen molar-refractivity contribution in [3.63, 3.8) is 0 Å². The van der Waals surface area contributed by atoms with Crippen molar-refractivity contribution in [3.8, 4) is 11.6 Å². The molecule has 0 radical (unpaired) electrons. The number of aromatic nitrogens is 2. The average molecular weight is 341 g/mol. The number of carbonyl (C=O) groups excluding carboxylic acids is 1. The lowest BCUT2D eigenvalue weighted by Gasteiger charge is -2.09. The van der Waals surface area contributed by atoms with Crippen LogP contribution in [0.2, 0.25) is 5.02 Å². The summed E-state index contributed by atoms with van der Waals surface area (Å²) in [5, 5.41) is 5.08. The molecule has 0 unspecified atom stereocenters. The van der Waals surface area contributed by atoms with Gasteiger partial charge < -0.3 is 4.74 Å². The van der Waals surface area contributed by atoms with Crippen LogP contribution in [0.3, 0.4) is 0 Å². The smallest absolute Gasteiger partial charge is 0.345 e. The van der Waals surface area contributed by atoms with E-state index in [1.54, 1.807) is 28.9 Å². The molecule has 4 nitrogen and oxygen atoms in total. The SMILES string of the molecule is CCc1cc(OC(=O)c2ccccc2C)n(-c2cccc(Cl)c2)n1. The third-order valence-corrected chi connectivity index (χ3v) is 3.94. The number of carbonyl (C=O) groups is 1. The van der Waals surface area contributed by atoms with Gasteiger partial charge in [0.05, 0.1) is 16.9 Å². The van der Waals surface area contributed by atoms with E-state index in [1.165, 1.54) is 0 Å². The van der Waals surface area contributed by atoms with E-state index in [1.807, 2.05) is 44.2 Å². The van der Waals surface area contributed by atoms with Gasteiger partial charge in [0.15, 0.2) is 0 Å². The van der Waals surface area contributed by atoms with Gasteiger partial charge in [-0.3, -0.25) is 0 Å². The first-order valence-electron chi connectivity index (χ1n) is 7.71. The molecule has 2 aromatic carbocycles. The molecule has 0 saturated carbocycles. The number of halogens is 1. The zero-order valence-electron chi connectivity index (χ0n) is 13.5. The normalized spacial score (nSPS) is 10.6. The zero-order valence-corrected chi connectivity index (χ0v) is 14.2. The Labute approximate surface area is 145 Å². The van der Waals surface area contributed by atoms with Gasteiger partial charge in [-0.25, -0.2) is 9.48 Å². The van der Waals surface area contributed by atoms with Crippen molar-refractivity contribution in [2.45, 2.75) is 20.3 Å². The van der Waals surface area contributed by atoms with Gasteiger partial charge in [0.1, 0.15) is 0 Å².